The van der Waals surface area contributed by atoms with Crippen molar-refractivity contribution in [2.75, 3.05) is 17.4 Å². The number of methoxy groups -OCH3 is 1. The predicted octanol–water partition coefficient (Wildman–Crippen LogP) is 4.09. The number of alkyl halides is 2. The number of hydrazone groups is 1. The summed E-state index contributed by atoms with van der Waals surface area (Å²) in [4.78, 5) is 25.6. The Hall–Kier alpha value is -3.29. The summed E-state index contributed by atoms with van der Waals surface area (Å²) in [6, 6.07) is 10.5. The molecule has 1 unspecified atom stereocenters. The van der Waals surface area contributed by atoms with E-state index in [9.17, 15) is 18.4 Å². The summed E-state index contributed by atoms with van der Waals surface area (Å²) >= 11 is 0. The molecule has 0 spiro atoms. The van der Waals surface area contributed by atoms with Gasteiger partial charge in [0.15, 0.2) is 5.92 Å². The van der Waals surface area contributed by atoms with Gasteiger partial charge in [-0.3, -0.25) is 9.59 Å². The van der Waals surface area contributed by atoms with Crippen LogP contribution in [-0.4, -0.2) is 24.6 Å². The highest BCUT2D eigenvalue weighted by Gasteiger charge is 2.40. The van der Waals surface area contributed by atoms with Gasteiger partial charge in [-0.25, -0.2) is 8.78 Å². The van der Waals surface area contributed by atoms with Gasteiger partial charge in [-0.2, -0.15) is 10.1 Å². The number of amides is 2. The molecule has 3 rings (SSSR count). The standard InChI is InChI=1S/C21H21F2N3O3/c1-12-10-16(29-4)8-9-17(12)26-20(28)18(13(2)25-26)19(27)24-15-7-5-6-14(11-15)21(3,22)23/h5-11,18H,1-4H3,(H,24,27). The zero-order valence-corrected chi connectivity index (χ0v) is 16.5. The third-order valence-electron chi connectivity index (χ3n) is 4.66. The molecule has 6 nitrogen and oxygen atoms in total. The number of anilines is 2. The molecule has 1 heterocycles. The second-order valence-corrected chi connectivity index (χ2v) is 6.94. The molecule has 0 bridgehead atoms. The molecule has 0 aliphatic carbocycles. The molecule has 2 aromatic carbocycles. The van der Waals surface area contributed by atoms with Gasteiger partial charge in [-0.05, 0) is 49.7 Å². The number of carbonyl (C=O) groups is 2. The van der Waals surface area contributed by atoms with E-state index in [1.807, 2.05) is 0 Å². The van der Waals surface area contributed by atoms with Crippen LogP contribution in [0.4, 0.5) is 20.2 Å². The Labute approximate surface area is 167 Å². The molecule has 0 fully saturated rings. The van der Waals surface area contributed by atoms with E-state index in [1.165, 1.54) is 29.3 Å². The summed E-state index contributed by atoms with van der Waals surface area (Å²) in [5.41, 5.74) is 1.58. The van der Waals surface area contributed by atoms with Crippen molar-refractivity contribution in [2.45, 2.75) is 26.7 Å². The van der Waals surface area contributed by atoms with E-state index in [0.29, 0.717) is 17.1 Å². The molecule has 8 heteroatoms. The lowest BCUT2D eigenvalue weighted by molar-refractivity contribution is -0.127. The topological polar surface area (TPSA) is 71.0 Å². The molecule has 152 valence electrons. The largest absolute Gasteiger partial charge is 0.497 e. The zero-order chi connectivity index (χ0) is 21.3. The highest BCUT2D eigenvalue weighted by molar-refractivity contribution is 6.28. The summed E-state index contributed by atoms with van der Waals surface area (Å²) < 4.78 is 32.2. The maximum atomic E-state index is 13.5. The minimum Gasteiger partial charge on any atom is -0.497 e. The van der Waals surface area contributed by atoms with Crippen molar-refractivity contribution >= 4 is 28.9 Å². The Morgan fingerprint density at radius 1 is 1.21 bits per heavy atom. The third-order valence-corrected chi connectivity index (χ3v) is 4.66. The quantitative estimate of drug-likeness (QED) is 0.767. The molecule has 2 amide bonds. The van der Waals surface area contributed by atoms with E-state index in [2.05, 4.69) is 10.4 Å². The van der Waals surface area contributed by atoms with Crippen LogP contribution in [0.1, 0.15) is 25.0 Å². The van der Waals surface area contributed by atoms with Crippen molar-refractivity contribution in [1.29, 1.82) is 0 Å². The molecule has 1 atom stereocenters. The number of nitrogens with zero attached hydrogens (tertiary/aromatic N) is 2. The first kappa shape index (κ1) is 20.4. The maximum absolute atomic E-state index is 13.5. The zero-order valence-electron chi connectivity index (χ0n) is 16.5. The van der Waals surface area contributed by atoms with Gasteiger partial charge in [0.05, 0.1) is 18.5 Å². The number of aryl methyl sites for hydroxylation is 1. The first-order chi connectivity index (χ1) is 13.6. The van der Waals surface area contributed by atoms with E-state index in [0.717, 1.165) is 12.5 Å². The van der Waals surface area contributed by atoms with Gasteiger partial charge in [0.2, 0.25) is 5.91 Å². The smallest absolute Gasteiger partial charge is 0.270 e. The normalized spacial score (nSPS) is 16.6. The molecule has 0 radical (unpaired) electrons. The average molecular weight is 401 g/mol. The summed E-state index contributed by atoms with van der Waals surface area (Å²) in [5, 5.41) is 7.96. The van der Waals surface area contributed by atoms with E-state index in [1.54, 1.807) is 39.2 Å². The Bertz CT molecular complexity index is 999. The van der Waals surface area contributed by atoms with E-state index in [4.69, 9.17) is 4.74 Å². The first-order valence-corrected chi connectivity index (χ1v) is 8.94. The van der Waals surface area contributed by atoms with Crippen molar-refractivity contribution in [1.82, 2.24) is 0 Å². The van der Waals surface area contributed by atoms with Crippen LogP contribution < -0.4 is 15.1 Å². The Balaban J connectivity index is 1.81. The van der Waals surface area contributed by atoms with Crippen LogP contribution in [0.3, 0.4) is 0 Å². The minimum atomic E-state index is -3.04. The van der Waals surface area contributed by atoms with Crippen LogP contribution in [0, 0.1) is 12.8 Å². The molecule has 1 N–H and O–H groups in total. The predicted molar refractivity (Wildman–Crippen MR) is 106 cm³/mol. The van der Waals surface area contributed by atoms with Crippen LogP contribution in [0.25, 0.3) is 0 Å². The second kappa shape index (κ2) is 7.62. The SMILES string of the molecule is COc1ccc(N2N=C(C)C(C(=O)Nc3cccc(C(C)(F)F)c3)C2=O)c(C)c1. The van der Waals surface area contributed by atoms with Crippen molar-refractivity contribution in [3.63, 3.8) is 0 Å². The van der Waals surface area contributed by atoms with Gasteiger partial charge >= 0.3 is 0 Å². The van der Waals surface area contributed by atoms with Gasteiger partial charge in [-0.15, -0.1) is 0 Å². The number of rotatable bonds is 5. The van der Waals surface area contributed by atoms with Gasteiger partial charge in [0.1, 0.15) is 5.75 Å². The van der Waals surface area contributed by atoms with E-state index >= 15 is 0 Å². The van der Waals surface area contributed by atoms with E-state index < -0.39 is 23.7 Å². The summed E-state index contributed by atoms with van der Waals surface area (Å²) in [7, 11) is 1.54. The number of carbonyl (C=O) groups excluding carboxylic acids is 2. The fourth-order valence-electron chi connectivity index (χ4n) is 3.12. The molecule has 0 aromatic heterocycles. The Morgan fingerprint density at radius 3 is 2.55 bits per heavy atom. The van der Waals surface area contributed by atoms with Crippen LogP contribution in [0.15, 0.2) is 47.6 Å². The van der Waals surface area contributed by atoms with Crippen molar-refractivity contribution < 1.29 is 23.1 Å². The fraction of sp³-hybridized carbons (Fsp3) is 0.286. The number of ether oxygens (including phenoxy) is 1. The lowest BCUT2D eigenvalue weighted by atomic mass is 10.0. The average Bonchev–Trinajstić information content (AvgIpc) is 2.95. The Kier molecular flexibility index (Phi) is 5.37. The second-order valence-electron chi connectivity index (χ2n) is 6.94. The highest BCUT2D eigenvalue weighted by Crippen LogP contribution is 2.31. The number of nitrogens with one attached hydrogen (secondary N) is 1. The molecule has 1 aliphatic rings. The van der Waals surface area contributed by atoms with Gasteiger partial charge in [0.25, 0.3) is 11.8 Å². The molecule has 0 saturated heterocycles. The molecule has 0 saturated carbocycles. The van der Waals surface area contributed by atoms with Crippen LogP contribution in [0.5, 0.6) is 5.75 Å². The maximum Gasteiger partial charge on any atom is 0.270 e. The van der Waals surface area contributed by atoms with Crippen LogP contribution >= 0.6 is 0 Å². The summed E-state index contributed by atoms with van der Waals surface area (Å²) in [6.07, 6.45) is 0. The number of halogens is 2. The van der Waals surface area contributed by atoms with Gasteiger partial charge in [-0.1, -0.05) is 12.1 Å². The van der Waals surface area contributed by atoms with Crippen molar-refractivity contribution in [3.8, 4) is 5.75 Å². The van der Waals surface area contributed by atoms with Gasteiger partial charge in [0, 0.05) is 18.2 Å². The third kappa shape index (κ3) is 4.11. The lowest BCUT2D eigenvalue weighted by Gasteiger charge is -2.17. The lowest BCUT2D eigenvalue weighted by Crippen LogP contribution is -2.36. The highest BCUT2D eigenvalue weighted by atomic mass is 19.3. The number of hydrogen-bond acceptors (Lipinski definition) is 4. The molecular formula is C21H21F2N3O3. The molecule has 29 heavy (non-hydrogen) atoms. The molecule has 2 aromatic rings. The molecule has 1 aliphatic heterocycles. The van der Waals surface area contributed by atoms with Crippen LogP contribution in [0.2, 0.25) is 0 Å². The first-order valence-electron chi connectivity index (χ1n) is 8.94. The van der Waals surface area contributed by atoms with Crippen molar-refractivity contribution in [2.24, 2.45) is 11.0 Å². The van der Waals surface area contributed by atoms with Crippen molar-refractivity contribution in [3.05, 3.63) is 53.6 Å². The monoisotopic (exact) mass is 401 g/mol. The fourth-order valence-corrected chi connectivity index (χ4v) is 3.12. The van der Waals surface area contributed by atoms with E-state index in [-0.39, 0.29) is 11.3 Å². The molecular weight excluding hydrogens is 380 g/mol. The number of benzene rings is 2. The minimum absolute atomic E-state index is 0.189. The summed E-state index contributed by atoms with van der Waals surface area (Å²) in [5.74, 6) is -4.67. The Morgan fingerprint density at radius 2 is 1.93 bits per heavy atom. The number of hydrogen-bond donors (Lipinski definition) is 1. The summed E-state index contributed by atoms with van der Waals surface area (Å²) in [6.45, 7) is 4.16. The van der Waals surface area contributed by atoms with Crippen LogP contribution in [-0.2, 0) is 15.5 Å². The van der Waals surface area contributed by atoms with Gasteiger partial charge < -0.3 is 10.1 Å².